The zero-order valence-electron chi connectivity index (χ0n) is 9.53. The summed E-state index contributed by atoms with van der Waals surface area (Å²) in [6.45, 7) is 0.0768. The summed E-state index contributed by atoms with van der Waals surface area (Å²) in [5, 5.41) is 11.6. The fourth-order valence-electron chi connectivity index (χ4n) is 1.54. The third-order valence-electron chi connectivity index (χ3n) is 2.72. The molecule has 2 rings (SSSR count). The molecular formula is C13H15NO2S. The van der Waals surface area contributed by atoms with E-state index in [2.05, 4.69) is 17.2 Å². The highest BCUT2D eigenvalue weighted by Gasteiger charge is 2.20. The minimum Gasteiger partial charge on any atom is -0.395 e. The van der Waals surface area contributed by atoms with Gasteiger partial charge in [-0.05, 0) is 31.4 Å². The molecule has 0 unspecified atom stereocenters. The van der Waals surface area contributed by atoms with Gasteiger partial charge in [0.25, 0.3) is 5.91 Å². The number of hydrogen-bond acceptors (Lipinski definition) is 3. The predicted molar refractivity (Wildman–Crippen MR) is 68.0 cm³/mol. The molecule has 0 aromatic carbocycles. The molecule has 0 aliphatic heterocycles. The van der Waals surface area contributed by atoms with Crippen LogP contribution in [0.25, 0.3) is 0 Å². The van der Waals surface area contributed by atoms with Crippen LogP contribution in [0.3, 0.4) is 0 Å². The van der Waals surface area contributed by atoms with Gasteiger partial charge in [0, 0.05) is 12.5 Å². The summed E-state index contributed by atoms with van der Waals surface area (Å²) < 4.78 is 0. The second kappa shape index (κ2) is 5.85. The van der Waals surface area contributed by atoms with Gasteiger partial charge >= 0.3 is 0 Å². The van der Waals surface area contributed by atoms with Gasteiger partial charge in [0.1, 0.15) is 0 Å². The Morgan fingerprint density at radius 3 is 3.00 bits per heavy atom. The lowest BCUT2D eigenvalue weighted by atomic mass is 9.93. The van der Waals surface area contributed by atoms with Crippen molar-refractivity contribution in [3.8, 4) is 11.8 Å². The van der Waals surface area contributed by atoms with Crippen molar-refractivity contribution in [2.24, 2.45) is 0 Å². The Morgan fingerprint density at radius 1 is 1.53 bits per heavy atom. The van der Waals surface area contributed by atoms with Crippen molar-refractivity contribution < 1.29 is 9.90 Å². The Hall–Kier alpha value is -1.31. The molecule has 1 aliphatic rings. The molecule has 3 nitrogen and oxygen atoms in total. The monoisotopic (exact) mass is 249 g/mol. The Bertz CT molecular complexity index is 451. The van der Waals surface area contributed by atoms with Crippen LogP contribution in [0.15, 0.2) is 12.1 Å². The Kier molecular flexibility index (Phi) is 4.18. The highest BCUT2D eigenvalue weighted by Crippen LogP contribution is 2.20. The van der Waals surface area contributed by atoms with Gasteiger partial charge in [-0.15, -0.1) is 11.3 Å². The number of aliphatic hydroxyl groups excluding tert-OH is 1. The van der Waals surface area contributed by atoms with Gasteiger partial charge in [-0.1, -0.05) is 11.8 Å². The number of nitrogens with one attached hydrogen (secondary N) is 1. The predicted octanol–water partition coefficient (Wildman–Crippen LogP) is 1.76. The summed E-state index contributed by atoms with van der Waals surface area (Å²) in [6, 6.07) is 4.03. The average Bonchev–Trinajstić information content (AvgIpc) is 2.72. The second-order valence-corrected chi connectivity index (χ2v) is 5.12. The van der Waals surface area contributed by atoms with E-state index in [1.807, 2.05) is 12.1 Å². The molecule has 4 heteroatoms. The zero-order valence-corrected chi connectivity index (χ0v) is 10.3. The lowest BCUT2D eigenvalue weighted by Crippen LogP contribution is -2.39. The first-order valence-electron chi connectivity index (χ1n) is 5.80. The molecule has 17 heavy (non-hydrogen) atoms. The maximum atomic E-state index is 11.8. The van der Waals surface area contributed by atoms with Crippen molar-refractivity contribution in [3.05, 3.63) is 21.9 Å². The number of hydrogen-bond donors (Lipinski definition) is 2. The van der Waals surface area contributed by atoms with Crippen molar-refractivity contribution in [2.75, 3.05) is 6.61 Å². The zero-order chi connectivity index (χ0) is 12.1. The third-order valence-corrected chi connectivity index (χ3v) is 3.72. The summed E-state index contributed by atoms with van der Waals surface area (Å²) >= 11 is 1.40. The maximum Gasteiger partial charge on any atom is 0.261 e. The first-order valence-corrected chi connectivity index (χ1v) is 6.61. The Morgan fingerprint density at radius 2 is 2.35 bits per heavy atom. The van der Waals surface area contributed by atoms with Crippen LogP contribution in [0.1, 0.15) is 40.2 Å². The molecule has 1 aliphatic carbocycles. The van der Waals surface area contributed by atoms with Crippen LogP contribution >= 0.6 is 11.3 Å². The minimum absolute atomic E-state index is 0.00917. The van der Waals surface area contributed by atoms with Gasteiger partial charge in [-0.25, -0.2) is 0 Å². The van der Waals surface area contributed by atoms with E-state index in [1.165, 1.54) is 17.8 Å². The standard InChI is InChI=1S/C13H15NO2S/c15-9-2-1-6-11-7-8-12(17-11)13(16)14-10-4-3-5-10/h7-8,10,15H,2-5,9H2,(H,14,16). The third kappa shape index (κ3) is 3.32. The van der Waals surface area contributed by atoms with Crippen LogP contribution in [0, 0.1) is 11.8 Å². The van der Waals surface area contributed by atoms with Crippen molar-refractivity contribution in [3.63, 3.8) is 0 Å². The van der Waals surface area contributed by atoms with E-state index in [0.29, 0.717) is 17.3 Å². The topological polar surface area (TPSA) is 49.3 Å². The van der Waals surface area contributed by atoms with Crippen LogP contribution in [0.4, 0.5) is 0 Å². The van der Waals surface area contributed by atoms with Gasteiger partial charge < -0.3 is 10.4 Å². The van der Waals surface area contributed by atoms with Crippen molar-refractivity contribution in [1.29, 1.82) is 0 Å². The lowest BCUT2D eigenvalue weighted by molar-refractivity contribution is 0.0921. The number of carbonyl (C=O) groups excluding carboxylic acids is 1. The summed E-state index contributed by atoms with van der Waals surface area (Å²) in [7, 11) is 0. The largest absolute Gasteiger partial charge is 0.395 e. The lowest BCUT2D eigenvalue weighted by Gasteiger charge is -2.25. The smallest absolute Gasteiger partial charge is 0.261 e. The first kappa shape index (κ1) is 12.2. The maximum absolute atomic E-state index is 11.8. The summed E-state index contributed by atoms with van der Waals surface area (Å²) in [5.74, 6) is 5.79. The van der Waals surface area contributed by atoms with Gasteiger partial charge in [-0.2, -0.15) is 0 Å². The van der Waals surface area contributed by atoms with E-state index in [0.717, 1.165) is 17.7 Å². The van der Waals surface area contributed by atoms with Crippen LogP contribution in [-0.2, 0) is 0 Å². The highest BCUT2D eigenvalue weighted by atomic mass is 32.1. The molecule has 1 saturated carbocycles. The van der Waals surface area contributed by atoms with Crippen LogP contribution in [0.2, 0.25) is 0 Å². The fourth-order valence-corrected chi connectivity index (χ4v) is 2.33. The minimum atomic E-state index is 0.00917. The average molecular weight is 249 g/mol. The van der Waals surface area contributed by atoms with Crippen molar-refractivity contribution in [1.82, 2.24) is 5.32 Å². The van der Waals surface area contributed by atoms with E-state index >= 15 is 0 Å². The summed E-state index contributed by atoms with van der Waals surface area (Å²) in [6.07, 6.45) is 3.88. The van der Waals surface area contributed by atoms with Crippen LogP contribution in [0.5, 0.6) is 0 Å². The number of rotatable bonds is 3. The van der Waals surface area contributed by atoms with Crippen molar-refractivity contribution >= 4 is 17.2 Å². The molecule has 2 N–H and O–H groups in total. The van der Waals surface area contributed by atoms with Crippen LogP contribution in [-0.4, -0.2) is 23.7 Å². The Labute approximate surface area is 105 Å². The van der Waals surface area contributed by atoms with E-state index in [-0.39, 0.29) is 12.5 Å². The molecule has 1 aromatic heterocycles. The van der Waals surface area contributed by atoms with Crippen LogP contribution < -0.4 is 5.32 Å². The van der Waals surface area contributed by atoms with Crippen molar-refractivity contribution in [2.45, 2.75) is 31.7 Å². The van der Waals surface area contributed by atoms with Gasteiger partial charge in [0.2, 0.25) is 0 Å². The highest BCUT2D eigenvalue weighted by molar-refractivity contribution is 7.14. The second-order valence-electron chi connectivity index (χ2n) is 4.04. The van der Waals surface area contributed by atoms with E-state index in [4.69, 9.17) is 5.11 Å². The molecule has 1 amide bonds. The normalized spacial score (nSPS) is 14.6. The number of amides is 1. The van der Waals surface area contributed by atoms with E-state index in [1.54, 1.807) is 0 Å². The van der Waals surface area contributed by atoms with E-state index in [9.17, 15) is 4.79 Å². The number of aliphatic hydroxyl groups is 1. The molecule has 1 fully saturated rings. The molecule has 0 bridgehead atoms. The molecule has 0 radical (unpaired) electrons. The van der Waals surface area contributed by atoms with Gasteiger partial charge in [-0.3, -0.25) is 4.79 Å². The molecule has 0 spiro atoms. The summed E-state index contributed by atoms with van der Waals surface area (Å²) in [4.78, 5) is 13.4. The SMILES string of the molecule is O=C(NC1CCC1)c1ccc(C#CCCO)s1. The van der Waals surface area contributed by atoms with Gasteiger partial charge in [0.15, 0.2) is 0 Å². The van der Waals surface area contributed by atoms with E-state index < -0.39 is 0 Å². The molecular weight excluding hydrogens is 234 g/mol. The fraction of sp³-hybridized carbons (Fsp3) is 0.462. The molecule has 0 atom stereocenters. The van der Waals surface area contributed by atoms with Gasteiger partial charge in [0.05, 0.1) is 16.4 Å². The number of thiophene rings is 1. The quantitative estimate of drug-likeness (QED) is 0.802. The molecule has 90 valence electrons. The first-order chi connectivity index (χ1) is 8.29. The number of carbonyl (C=O) groups is 1. The molecule has 0 saturated heterocycles. The summed E-state index contributed by atoms with van der Waals surface area (Å²) in [5.41, 5.74) is 0. The molecule has 1 heterocycles. The molecule has 1 aromatic rings. The Balaban J connectivity index is 1.92.